The Morgan fingerprint density at radius 2 is 2.06 bits per heavy atom. The van der Waals surface area contributed by atoms with Crippen LogP contribution < -0.4 is 5.32 Å². The van der Waals surface area contributed by atoms with E-state index in [0.717, 1.165) is 21.7 Å². The Morgan fingerprint density at radius 1 is 1.24 bits per heavy atom. The zero-order valence-electron chi connectivity index (χ0n) is 9.87. The summed E-state index contributed by atoms with van der Waals surface area (Å²) in [4.78, 5) is 8.44. The predicted molar refractivity (Wildman–Crippen MR) is 73.0 cm³/mol. The second kappa shape index (κ2) is 5.27. The van der Waals surface area contributed by atoms with E-state index in [2.05, 4.69) is 50.3 Å². The number of benzene rings is 1. The van der Waals surface area contributed by atoms with Gasteiger partial charge in [0.1, 0.15) is 5.82 Å². The number of anilines is 1. The molecular weight excluding hydrogens is 278 g/mol. The van der Waals surface area contributed by atoms with Crippen LogP contribution in [0.25, 0.3) is 0 Å². The summed E-state index contributed by atoms with van der Waals surface area (Å²) in [5.41, 5.74) is 3.34. The zero-order chi connectivity index (χ0) is 12.3. The summed E-state index contributed by atoms with van der Waals surface area (Å²) in [6, 6.07) is 8.11. The van der Waals surface area contributed by atoms with Crippen LogP contribution in [-0.4, -0.2) is 9.97 Å². The Bertz CT molecular complexity index is 526. The third-order valence-electron chi connectivity index (χ3n) is 2.49. The molecule has 0 spiro atoms. The van der Waals surface area contributed by atoms with Crippen LogP contribution in [0.3, 0.4) is 0 Å². The van der Waals surface area contributed by atoms with Gasteiger partial charge in [0.05, 0.1) is 12.2 Å². The van der Waals surface area contributed by atoms with Crippen LogP contribution in [0.15, 0.2) is 34.9 Å². The van der Waals surface area contributed by atoms with Gasteiger partial charge in [0.2, 0.25) is 0 Å². The van der Waals surface area contributed by atoms with Crippen molar-refractivity contribution in [3.63, 3.8) is 0 Å². The van der Waals surface area contributed by atoms with Gasteiger partial charge in [-0.25, -0.2) is 9.97 Å². The van der Waals surface area contributed by atoms with E-state index in [1.54, 1.807) is 6.20 Å². The van der Waals surface area contributed by atoms with Crippen molar-refractivity contribution in [3.05, 3.63) is 52.0 Å². The zero-order valence-corrected chi connectivity index (χ0v) is 11.5. The first-order chi connectivity index (χ1) is 8.15. The van der Waals surface area contributed by atoms with Crippen molar-refractivity contribution in [2.24, 2.45) is 0 Å². The van der Waals surface area contributed by atoms with Crippen molar-refractivity contribution >= 4 is 21.6 Å². The van der Waals surface area contributed by atoms with Crippen molar-refractivity contribution in [1.82, 2.24) is 9.97 Å². The number of hydrogen-bond donors (Lipinski definition) is 1. The quantitative estimate of drug-likeness (QED) is 0.941. The SMILES string of the molecule is Cc1nccc(CNc2cc(Br)ccc2C)n1. The molecule has 0 radical (unpaired) electrons. The summed E-state index contributed by atoms with van der Waals surface area (Å²) in [5, 5.41) is 3.38. The number of nitrogens with zero attached hydrogens (tertiary/aromatic N) is 2. The number of aromatic nitrogens is 2. The van der Waals surface area contributed by atoms with Gasteiger partial charge in [-0.3, -0.25) is 0 Å². The van der Waals surface area contributed by atoms with E-state index in [1.165, 1.54) is 5.56 Å². The van der Waals surface area contributed by atoms with Crippen molar-refractivity contribution in [3.8, 4) is 0 Å². The molecule has 0 fully saturated rings. The average Bonchev–Trinajstić information content (AvgIpc) is 2.30. The maximum Gasteiger partial charge on any atom is 0.125 e. The van der Waals surface area contributed by atoms with Crippen molar-refractivity contribution < 1.29 is 0 Å². The molecule has 0 aliphatic heterocycles. The molecule has 4 heteroatoms. The van der Waals surface area contributed by atoms with Crippen LogP contribution in [0.1, 0.15) is 17.1 Å². The molecule has 1 heterocycles. The second-order valence-corrected chi connectivity index (χ2v) is 4.82. The van der Waals surface area contributed by atoms with Gasteiger partial charge in [-0.1, -0.05) is 22.0 Å². The Kier molecular flexibility index (Phi) is 3.74. The smallest absolute Gasteiger partial charge is 0.125 e. The van der Waals surface area contributed by atoms with Gasteiger partial charge < -0.3 is 5.32 Å². The molecule has 0 aliphatic carbocycles. The average molecular weight is 292 g/mol. The molecular formula is C13H14BrN3. The van der Waals surface area contributed by atoms with Crippen LogP contribution in [0.5, 0.6) is 0 Å². The summed E-state index contributed by atoms with van der Waals surface area (Å²) < 4.78 is 1.07. The minimum absolute atomic E-state index is 0.709. The Hall–Kier alpha value is -1.42. The number of hydrogen-bond acceptors (Lipinski definition) is 3. The largest absolute Gasteiger partial charge is 0.379 e. The third-order valence-corrected chi connectivity index (χ3v) is 2.99. The highest BCUT2D eigenvalue weighted by atomic mass is 79.9. The highest BCUT2D eigenvalue weighted by molar-refractivity contribution is 9.10. The fourth-order valence-corrected chi connectivity index (χ4v) is 1.94. The molecule has 3 nitrogen and oxygen atoms in total. The molecule has 1 N–H and O–H groups in total. The van der Waals surface area contributed by atoms with Gasteiger partial charge in [0.15, 0.2) is 0 Å². The summed E-state index contributed by atoms with van der Waals surface area (Å²) in [6.45, 7) is 4.69. The molecule has 0 bridgehead atoms. The molecule has 1 aromatic heterocycles. The molecule has 0 unspecified atom stereocenters. The Balaban J connectivity index is 2.09. The van der Waals surface area contributed by atoms with Crippen LogP contribution in [0, 0.1) is 13.8 Å². The number of rotatable bonds is 3. The number of nitrogens with one attached hydrogen (secondary N) is 1. The minimum atomic E-state index is 0.709. The fraction of sp³-hybridized carbons (Fsp3) is 0.231. The first kappa shape index (κ1) is 12.0. The lowest BCUT2D eigenvalue weighted by molar-refractivity contribution is 0.954. The van der Waals surface area contributed by atoms with Gasteiger partial charge in [0.25, 0.3) is 0 Å². The van der Waals surface area contributed by atoms with Crippen molar-refractivity contribution in [2.45, 2.75) is 20.4 Å². The monoisotopic (exact) mass is 291 g/mol. The predicted octanol–water partition coefficient (Wildman–Crippen LogP) is 3.47. The van der Waals surface area contributed by atoms with Crippen LogP contribution in [0.4, 0.5) is 5.69 Å². The van der Waals surface area contributed by atoms with E-state index < -0.39 is 0 Å². The number of aryl methyl sites for hydroxylation is 2. The Labute approximate surface area is 109 Å². The van der Waals surface area contributed by atoms with Gasteiger partial charge in [-0.2, -0.15) is 0 Å². The first-order valence-electron chi connectivity index (χ1n) is 5.44. The maximum absolute atomic E-state index is 4.36. The molecule has 17 heavy (non-hydrogen) atoms. The van der Waals surface area contributed by atoms with Gasteiger partial charge in [-0.05, 0) is 37.6 Å². The molecule has 2 aromatic rings. The minimum Gasteiger partial charge on any atom is -0.379 e. The molecule has 0 saturated carbocycles. The molecule has 0 amide bonds. The molecule has 2 rings (SSSR count). The van der Waals surface area contributed by atoms with Crippen LogP contribution >= 0.6 is 15.9 Å². The standard InChI is InChI=1S/C13H14BrN3/c1-9-3-4-11(14)7-13(9)16-8-12-5-6-15-10(2)17-12/h3-7,16H,8H2,1-2H3. The molecule has 1 aromatic carbocycles. The van der Waals surface area contributed by atoms with Gasteiger partial charge in [-0.15, -0.1) is 0 Å². The second-order valence-electron chi connectivity index (χ2n) is 3.91. The summed E-state index contributed by atoms with van der Waals surface area (Å²) in [5.74, 6) is 0.801. The lowest BCUT2D eigenvalue weighted by Gasteiger charge is -2.09. The highest BCUT2D eigenvalue weighted by Crippen LogP contribution is 2.20. The lowest BCUT2D eigenvalue weighted by atomic mass is 10.2. The van der Waals surface area contributed by atoms with E-state index >= 15 is 0 Å². The van der Waals surface area contributed by atoms with Crippen LogP contribution in [-0.2, 0) is 6.54 Å². The van der Waals surface area contributed by atoms with E-state index in [4.69, 9.17) is 0 Å². The van der Waals surface area contributed by atoms with Gasteiger partial charge in [0, 0.05) is 16.4 Å². The van der Waals surface area contributed by atoms with Crippen LogP contribution in [0.2, 0.25) is 0 Å². The summed E-state index contributed by atoms with van der Waals surface area (Å²) >= 11 is 3.47. The molecule has 0 atom stereocenters. The van der Waals surface area contributed by atoms with Crippen molar-refractivity contribution in [1.29, 1.82) is 0 Å². The topological polar surface area (TPSA) is 37.8 Å². The Morgan fingerprint density at radius 3 is 2.82 bits per heavy atom. The van der Waals surface area contributed by atoms with E-state index in [9.17, 15) is 0 Å². The van der Waals surface area contributed by atoms with E-state index in [0.29, 0.717) is 6.54 Å². The summed E-state index contributed by atoms with van der Waals surface area (Å²) in [6.07, 6.45) is 1.78. The fourth-order valence-electron chi connectivity index (χ4n) is 1.57. The maximum atomic E-state index is 4.36. The molecule has 0 aliphatic rings. The highest BCUT2D eigenvalue weighted by Gasteiger charge is 2.00. The lowest BCUT2D eigenvalue weighted by Crippen LogP contribution is -2.04. The van der Waals surface area contributed by atoms with E-state index in [1.807, 2.05) is 19.1 Å². The molecule has 88 valence electrons. The summed E-state index contributed by atoms with van der Waals surface area (Å²) in [7, 11) is 0. The van der Waals surface area contributed by atoms with E-state index in [-0.39, 0.29) is 0 Å². The first-order valence-corrected chi connectivity index (χ1v) is 6.23. The number of halogens is 1. The van der Waals surface area contributed by atoms with Crippen molar-refractivity contribution in [2.75, 3.05) is 5.32 Å². The third kappa shape index (κ3) is 3.27. The molecule has 0 saturated heterocycles. The normalized spacial score (nSPS) is 10.3. The van der Waals surface area contributed by atoms with Gasteiger partial charge >= 0.3 is 0 Å².